The van der Waals surface area contributed by atoms with Crippen molar-refractivity contribution in [2.45, 2.75) is 26.7 Å². The van der Waals surface area contributed by atoms with E-state index in [2.05, 4.69) is 38.5 Å². The molecule has 2 N–H and O–H groups in total. The molecule has 110 valence electrons. The van der Waals surface area contributed by atoms with Gasteiger partial charge in [-0.05, 0) is 47.7 Å². The number of nitro groups is 1. The molecule has 1 aromatic rings. The minimum atomic E-state index is -0.413. The lowest BCUT2D eigenvalue weighted by Crippen LogP contribution is -2.42. The molecule has 0 saturated carbocycles. The van der Waals surface area contributed by atoms with E-state index in [9.17, 15) is 10.1 Å². The molecule has 1 atom stereocenters. The van der Waals surface area contributed by atoms with E-state index in [1.807, 2.05) is 0 Å². The molecule has 1 aromatic heterocycles. The number of rotatable bonds is 4. The van der Waals surface area contributed by atoms with Crippen molar-refractivity contribution in [3.63, 3.8) is 0 Å². The summed E-state index contributed by atoms with van der Waals surface area (Å²) in [5, 5.41) is 17.6. The summed E-state index contributed by atoms with van der Waals surface area (Å²) in [6.45, 7) is 6.80. The molecule has 0 spiro atoms. The highest BCUT2D eigenvalue weighted by Crippen LogP contribution is 2.32. The van der Waals surface area contributed by atoms with Crippen LogP contribution < -0.4 is 10.6 Å². The summed E-state index contributed by atoms with van der Waals surface area (Å²) in [4.78, 5) is 14.6. The molecule has 1 saturated heterocycles. The van der Waals surface area contributed by atoms with E-state index >= 15 is 0 Å². The van der Waals surface area contributed by atoms with Gasteiger partial charge in [0.05, 0.1) is 9.40 Å². The molecule has 20 heavy (non-hydrogen) atoms. The molecule has 7 heteroatoms. The van der Waals surface area contributed by atoms with Gasteiger partial charge in [-0.2, -0.15) is 0 Å². The molecule has 1 fully saturated rings. The van der Waals surface area contributed by atoms with E-state index in [1.54, 1.807) is 6.92 Å². The number of halogens is 1. The predicted molar refractivity (Wildman–Crippen MR) is 82.0 cm³/mol. The first-order valence-electron chi connectivity index (χ1n) is 6.67. The fourth-order valence-corrected chi connectivity index (χ4v) is 2.89. The van der Waals surface area contributed by atoms with E-state index in [4.69, 9.17) is 0 Å². The highest BCUT2D eigenvalue weighted by Gasteiger charge is 2.27. The van der Waals surface area contributed by atoms with Crippen LogP contribution in [0.1, 0.15) is 25.3 Å². The van der Waals surface area contributed by atoms with Crippen molar-refractivity contribution in [1.82, 2.24) is 10.3 Å². The van der Waals surface area contributed by atoms with Gasteiger partial charge in [-0.3, -0.25) is 10.1 Å². The summed E-state index contributed by atoms with van der Waals surface area (Å²) in [6, 6.07) is 0. The molecule has 1 unspecified atom stereocenters. The molecule has 2 rings (SSSR count). The average Bonchev–Trinajstić information content (AvgIpc) is 2.41. The summed E-state index contributed by atoms with van der Waals surface area (Å²) in [7, 11) is 0. The monoisotopic (exact) mass is 342 g/mol. The number of aromatic nitrogens is 1. The summed E-state index contributed by atoms with van der Waals surface area (Å²) >= 11 is 3.40. The third-order valence-electron chi connectivity index (χ3n) is 3.80. The number of nitrogens with zero attached hydrogens (tertiary/aromatic N) is 2. The molecule has 0 radical (unpaired) electrons. The fraction of sp³-hybridized carbons (Fsp3) is 0.615. The minimum Gasteiger partial charge on any atom is -0.369 e. The van der Waals surface area contributed by atoms with Crippen molar-refractivity contribution in [1.29, 1.82) is 0 Å². The lowest BCUT2D eigenvalue weighted by atomic mass is 9.83. The molecular formula is C13H19BrN4O2. The molecule has 6 nitrogen and oxygen atoms in total. The van der Waals surface area contributed by atoms with Gasteiger partial charge in [-0.15, -0.1) is 0 Å². The SMILES string of the molecule is Cc1c([N+](=O)[O-])cnc(NCC2(C)CCCNC2)c1Br. The fourth-order valence-electron chi connectivity index (χ4n) is 2.44. The van der Waals surface area contributed by atoms with Gasteiger partial charge in [-0.1, -0.05) is 6.92 Å². The summed E-state index contributed by atoms with van der Waals surface area (Å²) in [6.07, 6.45) is 3.65. The first kappa shape index (κ1) is 15.2. The zero-order valence-electron chi connectivity index (χ0n) is 11.7. The largest absolute Gasteiger partial charge is 0.369 e. The highest BCUT2D eigenvalue weighted by molar-refractivity contribution is 9.10. The maximum atomic E-state index is 10.9. The van der Waals surface area contributed by atoms with Crippen molar-refractivity contribution >= 4 is 27.4 Å². The van der Waals surface area contributed by atoms with Crippen LogP contribution >= 0.6 is 15.9 Å². The number of piperidine rings is 1. The molecular weight excluding hydrogens is 324 g/mol. The quantitative estimate of drug-likeness (QED) is 0.649. The Morgan fingerprint density at radius 2 is 2.40 bits per heavy atom. The smallest absolute Gasteiger partial charge is 0.291 e. The van der Waals surface area contributed by atoms with E-state index in [-0.39, 0.29) is 11.1 Å². The molecule has 0 aromatic carbocycles. The van der Waals surface area contributed by atoms with E-state index < -0.39 is 4.92 Å². The topological polar surface area (TPSA) is 80.1 Å². The maximum absolute atomic E-state index is 10.9. The second-order valence-electron chi connectivity index (χ2n) is 5.63. The van der Waals surface area contributed by atoms with Gasteiger partial charge in [0.15, 0.2) is 0 Å². The maximum Gasteiger partial charge on any atom is 0.291 e. The van der Waals surface area contributed by atoms with Crippen LogP contribution in [0.4, 0.5) is 11.5 Å². The lowest BCUT2D eigenvalue weighted by Gasteiger charge is -2.34. The van der Waals surface area contributed by atoms with E-state index in [1.165, 1.54) is 12.6 Å². The van der Waals surface area contributed by atoms with Gasteiger partial charge >= 0.3 is 0 Å². The predicted octanol–water partition coefficient (Wildman–Crippen LogP) is 2.86. The summed E-state index contributed by atoms with van der Waals surface area (Å²) in [5.74, 6) is 0.667. The van der Waals surface area contributed by atoms with Crippen LogP contribution in [0.15, 0.2) is 10.7 Å². The second kappa shape index (κ2) is 6.05. The Bertz CT molecular complexity index is 515. The Morgan fingerprint density at radius 3 is 3.00 bits per heavy atom. The standard InChI is InChI=1S/C13H19BrN4O2/c1-9-10(18(19)20)6-16-12(11(9)14)17-8-13(2)4-3-5-15-7-13/h6,15H,3-5,7-8H2,1-2H3,(H,16,17). The van der Waals surface area contributed by atoms with Crippen LogP contribution in [0.5, 0.6) is 0 Å². The van der Waals surface area contributed by atoms with Crippen LogP contribution in [-0.2, 0) is 0 Å². The van der Waals surface area contributed by atoms with Gasteiger partial charge < -0.3 is 10.6 Å². The molecule has 0 aliphatic carbocycles. The Kier molecular flexibility index (Phi) is 4.59. The van der Waals surface area contributed by atoms with Crippen LogP contribution in [0.2, 0.25) is 0 Å². The summed E-state index contributed by atoms with van der Waals surface area (Å²) < 4.78 is 0.666. The third kappa shape index (κ3) is 3.27. The molecule has 2 heterocycles. The van der Waals surface area contributed by atoms with Crippen LogP contribution in [0.3, 0.4) is 0 Å². The normalized spacial score (nSPS) is 22.6. The van der Waals surface area contributed by atoms with Gasteiger partial charge in [0, 0.05) is 18.7 Å². The van der Waals surface area contributed by atoms with E-state index in [0.29, 0.717) is 15.9 Å². The van der Waals surface area contributed by atoms with Crippen molar-refractivity contribution in [3.8, 4) is 0 Å². The summed E-state index contributed by atoms with van der Waals surface area (Å²) in [5.41, 5.74) is 0.821. The van der Waals surface area contributed by atoms with Crippen molar-refractivity contribution < 1.29 is 4.92 Å². The van der Waals surface area contributed by atoms with Crippen LogP contribution in [0, 0.1) is 22.5 Å². The Morgan fingerprint density at radius 1 is 1.65 bits per heavy atom. The van der Waals surface area contributed by atoms with Crippen molar-refractivity contribution in [2.75, 3.05) is 25.0 Å². The number of anilines is 1. The van der Waals surface area contributed by atoms with Crippen LogP contribution in [0.25, 0.3) is 0 Å². The van der Waals surface area contributed by atoms with Gasteiger partial charge in [0.25, 0.3) is 5.69 Å². The Hall–Kier alpha value is -1.21. The van der Waals surface area contributed by atoms with Crippen molar-refractivity contribution in [3.05, 3.63) is 26.3 Å². The van der Waals surface area contributed by atoms with E-state index in [0.717, 1.165) is 26.1 Å². The molecule has 1 aliphatic heterocycles. The van der Waals surface area contributed by atoms with Crippen LogP contribution in [-0.4, -0.2) is 29.5 Å². The second-order valence-corrected chi connectivity index (χ2v) is 6.43. The van der Waals surface area contributed by atoms with Gasteiger partial charge in [0.2, 0.25) is 0 Å². The zero-order valence-corrected chi connectivity index (χ0v) is 13.3. The number of pyridine rings is 1. The average molecular weight is 343 g/mol. The molecule has 0 bridgehead atoms. The molecule has 1 aliphatic rings. The number of nitrogens with one attached hydrogen (secondary N) is 2. The highest BCUT2D eigenvalue weighted by atomic mass is 79.9. The Labute approximate surface area is 126 Å². The minimum absolute atomic E-state index is 0.0352. The lowest BCUT2D eigenvalue weighted by molar-refractivity contribution is -0.385. The third-order valence-corrected chi connectivity index (χ3v) is 4.77. The Balaban J connectivity index is 2.10. The number of hydrogen-bond acceptors (Lipinski definition) is 5. The van der Waals surface area contributed by atoms with Gasteiger partial charge in [-0.25, -0.2) is 4.98 Å². The first-order valence-corrected chi connectivity index (χ1v) is 7.46. The number of hydrogen-bond donors (Lipinski definition) is 2. The first-order chi connectivity index (χ1) is 9.43. The molecule has 0 amide bonds. The van der Waals surface area contributed by atoms with Crippen molar-refractivity contribution in [2.24, 2.45) is 5.41 Å². The zero-order chi connectivity index (χ0) is 14.8. The van der Waals surface area contributed by atoms with Gasteiger partial charge in [0.1, 0.15) is 12.0 Å².